The van der Waals surface area contributed by atoms with E-state index in [9.17, 15) is 9.59 Å². The fraction of sp³-hybridized carbons (Fsp3) is 0.524. The number of hydrogen-bond acceptors (Lipinski definition) is 3. The van der Waals surface area contributed by atoms with E-state index in [1.165, 1.54) is 0 Å². The van der Waals surface area contributed by atoms with Gasteiger partial charge in [-0.15, -0.1) is 0 Å². The molecular formula is C21H25ClN2O3. The average Bonchev–Trinajstić information content (AvgIpc) is 3.40. The Morgan fingerprint density at radius 2 is 2.00 bits per heavy atom. The molecule has 1 saturated carbocycles. The number of halogens is 1. The third kappa shape index (κ3) is 3.45. The Labute approximate surface area is 164 Å². The molecule has 0 bridgehead atoms. The number of carbonyl (C=O) groups excluding carboxylic acids is 1. The molecule has 0 aromatic carbocycles. The van der Waals surface area contributed by atoms with Gasteiger partial charge in [0, 0.05) is 23.4 Å². The predicted octanol–water partition coefficient (Wildman–Crippen LogP) is 3.55. The van der Waals surface area contributed by atoms with Crippen LogP contribution >= 0.6 is 11.6 Å². The highest BCUT2D eigenvalue weighted by atomic mass is 35.5. The van der Waals surface area contributed by atoms with E-state index in [0.717, 1.165) is 30.5 Å². The van der Waals surface area contributed by atoms with Gasteiger partial charge in [-0.2, -0.15) is 0 Å². The molecule has 0 radical (unpaired) electrons. The van der Waals surface area contributed by atoms with Crippen LogP contribution in [-0.2, 0) is 16.1 Å². The van der Waals surface area contributed by atoms with Gasteiger partial charge in [0.15, 0.2) is 0 Å². The number of carbonyl (C=O) groups is 1. The van der Waals surface area contributed by atoms with Crippen LogP contribution in [0.15, 0.2) is 33.3 Å². The molecule has 1 N–H and O–H groups in total. The van der Waals surface area contributed by atoms with E-state index in [-0.39, 0.29) is 29.4 Å². The van der Waals surface area contributed by atoms with Gasteiger partial charge in [-0.1, -0.05) is 18.5 Å². The maximum Gasteiger partial charge on any atom is 0.253 e. The van der Waals surface area contributed by atoms with Crippen molar-refractivity contribution in [1.82, 2.24) is 9.88 Å². The number of amides is 1. The molecule has 1 aromatic heterocycles. The summed E-state index contributed by atoms with van der Waals surface area (Å²) >= 11 is 6.61. The van der Waals surface area contributed by atoms with Crippen LogP contribution in [0.5, 0.6) is 0 Å². The van der Waals surface area contributed by atoms with Gasteiger partial charge in [0.1, 0.15) is 5.76 Å². The molecule has 144 valence electrons. The molecule has 3 aliphatic rings. The lowest BCUT2D eigenvalue weighted by Crippen LogP contribution is -2.44. The van der Waals surface area contributed by atoms with E-state index in [2.05, 4.69) is 18.0 Å². The van der Waals surface area contributed by atoms with Crippen LogP contribution in [0.3, 0.4) is 0 Å². The summed E-state index contributed by atoms with van der Waals surface area (Å²) < 4.78 is 5.93. The zero-order valence-corrected chi connectivity index (χ0v) is 16.7. The normalized spacial score (nSPS) is 25.4. The first-order valence-corrected chi connectivity index (χ1v) is 10.00. The van der Waals surface area contributed by atoms with Crippen molar-refractivity contribution < 1.29 is 9.53 Å². The van der Waals surface area contributed by atoms with Crippen molar-refractivity contribution in [1.29, 1.82) is 0 Å². The van der Waals surface area contributed by atoms with Crippen molar-refractivity contribution in [3.8, 4) is 0 Å². The van der Waals surface area contributed by atoms with Gasteiger partial charge < -0.3 is 14.6 Å². The second kappa shape index (κ2) is 6.86. The van der Waals surface area contributed by atoms with E-state index >= 15 is 0 Å². The molecule has 1 saturated heterocycles. The van der Waals surface area contributed by atoms with Crippen molar-refractivity contribution in [3.05, 3.63) is 55.7 Å². The standard InChI is InChI=1S/C21H25ClN2O3/c1-11-8-13(3)23-20(25)16(11)10-24-7-6-15-12(2)9-17(27-14-4-5-14)19(22)18(15)21(24)26/h8-9,12,14-15H,4-7,10H2,1-3H3,(H,23,25). The number of nitrogens with one attached hydrogen (secondary N) is 1. The zero-order chi connectivity index (χ0) is 19.3. The molecule has 1 aliphatic heterocycles. The van der Waals surface area contributed by atoms with Crippen molar-refractivity contribution in [2.45, 2.75) is 52.7 Å². The van der Waals surface area contributed by atoms with E-state index in [4.69, 9.17) is 16.3 Å². The van der Waals surface area contributed by atoms with Gasteiger partial charge >= 0.3 is 0 Å². The maximum absolute atomic E-state index is 13.2. The van der Waals surface area contributed by atoms with Gasteiger partial charge in [0.05, 0.1) is 17.7 Å². The number of rotatable bonds is 4. The first-order valence-electron chi connectivity index (χ1n) is 9.62. The van der Waals surface area contributed by atoms with Gasteiger partial charge in [-0.05, 0) is 62.7 Å². The van der Waals surface area contributed by atoms with Crippen molar-refractivity contribution in [3.63, 3.8) is 0 Å². The van der Waals surface area contributed by atoms with Gasteiger partial charge in [0.25, 0.3) is 11.5 Å². The Morgan fingerprint density at radius 1 is 1.26 bits per heavy atom. The zero-order valence-electron chi connectivity index (χ0n) is 16.0. The number of aromatic nitrogens is 1. The number of ether oxygens (including phenoxy) is 1. The lowest BCUT2D eigenvalue weighted by atomic mass is 9.77. The van der Waals surface area contributed by atoms with Crippen LogP contribution in [0, 0.1) is 25.7 Å². The average molecular weight is 389 g/mol. The number of nitrogens with zero attached hydrogens (tertiary/aromatic N) is 1. The molecule has 2 unspecified atom stereocenters. The minimum absolute atomic E-state index is 0.0764. The molecule has 2 heterocycles. The Hall–Kier alpha value is -2.01. The fourth-order valence-electron chi connectivity index (χ4n) is 4.09. The molecule has 2 fully saturated rings. The molecule has 5 nitrogen and oxygen atoms in total. The van der Waals surface area contributed by atoms with Gasteiger partial charge in [-0.3, -0.25) is 9.59 Å². The second-order valence-corrected chi connectivity index (χ2v) is 8.38. The summed E-state index contributed by atoms with van der Waals surface area (Å²) in [5.41, 5.74) is 2.89. The monoisotopic (exact) mass is 388 g/mol. The predicted molar refractivity (Wildman–Crippen MR) is 104 cm³/mol. The van der Waals surface area contributed by atoms with Crippen molar-refractivity contribution >= 4 is 17.5 Å². The van der Waals surface area contributed by atoms with Crippen LogP contribution in [0.1, 0.15) is 43.0 Å². The molecular weight excluding hydrogens is 364 g/mol. The summed E-state index contributed by atoms with van der Waals surface area (Å²) in [6.07, 6.45) is 5.23. The third-order valence-corrected chi connectivity index (χ3v) is 6.15. The highest BCUT2D eigenvalue weighted by molar-refractivity contribution is 6.34. The number of allylic oxidation sites excluding steroid dienone is 2. The summed E-state index contributed by atoms with van der Waals surface area (Å²) in [5, 5.41) is 0.453. The largest absolute Gasteiger partial charge is 0.489 e. The third-order valence-electron chi connectivity index (χ3n) is 5.76. The number of pyridine rings is 1. The summed E-state index contributed by atoms with van der Waals surface area (Å²) in [6, 6.07) is 1.94. The van der Waals surface area contributed by atoms with Gasteiger partial charge in [-0.25, -0.2) is 0 Å². The van der Waals surface area contributed by atoms with Gasteiger partial charge in [0.2, 0.25) is 0 Å². The number of aromatic amines is 1. The fourth-order valence-corrected chi connectivity index (χ4v) is 4.42. The van der Waals surface area contributed by atoms with Crippen LogP contribution in [0.4, 0.5) is 0 Å². The van der Waals surface area contributed by atoms with Crippen LogP contribution in [-0.4, -0.2) is 28.4 Å². The van der Waals surface area contributed by atoms with E-state index < -0.39 is 0 Å². The molecule has 4 rings (SSSR count). The highest BCUT2D eigenvalue weighted by Crippen LogP contribution is 2.43. The number of piperidine rings is 1. The van der Waals surface area contributed by atoms with Crippen molar-refractivity contribution in [2.75, 3.05) is 6.54 Å². The lowest BCUT2D eigenvalue weighted by Gasteiger charge is -2.39. The smallest absolute Gasteiger partial charge is 0.253 e. The highest BCUT2D eigenvalue weighted by Gasteiger charge is 2.40. The maximum atomic E-state index is 13.2. The number of hydrogen-bond donors (Lipinski definition) is 1. The number of fused-ring (bicyclic) bond motifs is 1. The number of aryl methyl sites for hydroxylation is 2. The molecule has 1 aromatic rings. The van der Waals surface area contributed by atoms with Crippen molar-refractivity contribution in [2.24, 2.45) is 11.8 Å². The summed E-state index contributed by atoms with van der Waals surface area (Å²) in [5.74, 6) is 0.905. The Balaban J connectivity index is 1.62. The SMILES string of the molecule is Cc1cc(C)c(CN2CCC3C(=C(Cl)C(OC4CC4)=CC3C)C2=O)c(=O)[nH]1. The first-order chi connectivity index (χ1) is 12.8. The topological polar surface area (TPSA) is 62.4 Å². The summed E-state index contributed by atoms with van der Waals surface area (Å²) in [4.78, 5) is 30.2. The Kier molecular flexibility index (Phi) is 4.66. The van der Waals surface area contributed by atoms with E-state index in [0.29, 0.717) is 35.0 Å². The molecule has 6 heteroatoms. The Morgan fingerprint density at radius 3 is 2.67 bits per heavy atom. The molecule has 2 atom stereocenters. The molecule has 27 heavy (non-hydrogen) atoms. The second-order valence-electron chi connectivity index (χ2n) is 8.00. The summed E-state index contributed by atoms with van der Waals surface area (Å²) in [7, 11) is 0. The van der Waals surface area contributed by atoms with E-state index in [1.807, 2.05) is 19.9 Å². The molecule has 0 spiro atoms. The van der Waals surface area contributed by atoms with Crippen LogP contribution in [0.2, 0.25) is 0 Å². The first kappa shape index (κ1) is 18.4. The van der Waals surface area contributed by atoms with Crippen LogP contribution in [0.25, 0.3) is 0 Å². The molecule has 2 aliphatic carbocycles. The lowest BCUT2D eigenvalue weighted by molar-refractivity contribution is -0.130. The van der Waals surface area contributed by atoms with E-state index in [1.54, 1.807) is 4.90 Å². The summed E-state index contributed by atoms with van der Waals surface area (Å²) in [6.45, 7) is 6.81. The number of likely N-dealkylation sites (tertiary alicyclic amines) is 1. The quantitative estimate of drug-likeness (QED) is 0.858. The minimum atomic E-state index is -0.128. The minimum Gasteiger partial charge on any atom is -0.489 e. The Bertz CT molecular complexity index is 910. The number of H-pyrrole nitrogens is 1. The molecule has 1 amide bonds. The van der Waals surface area contributed by atoms with Crippen LogP contribution < -0.4 is 5.56 Å².